The van der Waals surface area contributed by atoms with Crippen molar-refractivity contribution in [2.45, 2.75) is 97.4 Å². The molecule has 0 radical (unpaired) electrons. The summed E-state index contributed by atoms with van der Waals surface area (Å²) in [5, 5.41) is 0.310. The molecule has 0 saturated heterocycles. The Hall–Kier alpha value is -0.0831. The zero-order valence-corrected chi connectivity index (χ0v) is 15.9. The number of hydrogen-bond acceptors (Lipinski definition) is 1. The lowest BCUT2D eigenvalue weighted by Gasteiger charge is -2.39. The molecule has 0 saturated carbocycles. The molecular weight excluding hydrogens is 260 g/mol. The van der Waals surface area contributed by atoms with Gasteiger partial charge in [0.1, 0.15) is 0 Å². The monoisotopic (exact) mass is 296 g/mol. The lowest BCUT2D eigenvalue weighted by Crippen LogP contribution is -2.44. The SMILES string of the molecule is CCCCCCC1CC(C)=CC1O[Si](C)(C)C(C)(C)C. The summed E-state index contributed by atoms with van der Waals surface area (Å²) in [6.07, 6.45) is 10.9. The molecule has 20 heavy (non-hydrogen) atoms. The third-order valence-corrected chi connectivity index (χ3v) is 9.64. The molecular formula is C18H36OSi. The normalized spacial score (nSPS) is 24.1. The van der Waals surface area contributed by atoms with Gasteiger partial charge in [0.15, 0.2) is 8.32 Å². The van der Waals surface area contributed by atoms with E-state index in [-0.39, 0.29) is 0 Å². The summed E-state index contributed by atoms with van der Waals surface area (Å²) < 4.78 is 6.67. The van der Waals surface area contributed by atoms with Gasteiger partial charge < -0.3 is 4.43 Å². The van der Waals surface area contributed by atoms with Crippen LogP contribution in [-0.2, 0) is 4.43 Å². The molecule has 0 aromatic carbocycles. The first-order valence-corrected chi connectivity index (χ1v) is 11.4. The van der Waals surface area contributed by atoms with E-state index in [0.29, 0.717) is 11.1 Å². The predicted octanol–water partition coefficient (Wildman–Crippen LogP) is 6.31. The van der Waals surface area contributed by atoms with Crippen molar-refractivity contribution in [1.29, 1.82) is 0 Å². The van der Waals surface area contributed by atoms with Gasteiger partial charge in [0, 0.05) is 0 Å². The highest BCUT2D eigenvalue weighted by molar-refractivity contribution is 6.74. The predicted molar refractivity (Wildman–Crippen MR) is 92.7 cm³/mol. The summed E-state index contributed by atoms with van der Waals surface area (Å²) >= 11 is 0. The first-order valence-electron chi connectivity index (χ1n) is 8.52. The average Bonchev–Trinajstić information content (AvgIpc) is 2.63. The van der Waals surface area contributed by atoms with Gasteiger partial charge in [-0.3, -0.25) is 0 Å². The van der Waals surface area contributed by atoms with Crippen LogP contribution in [0.25, 0.3) is 0 Å². The Bertz CT molecular complexity index is 325. The number of rotatable bonds is 7. The van der Waals surface area contributed by atoms with Crippen LogP contribution in [0.15, 0.2) is 11.6 Å². The highest BCUT2D eigenvalue weighted by atomic mass is 28.4. The fraction of sp³-hybridized carbons (Fsp3) is 0.889. The van der Waals surface area contributed by atoms with Crippen molar-refractivity contribution in [3.05, 3.63) is 11.6 Å². The lowest BCUT2D eigenvalue weighted by molar-refractivity contribution is 0.163. The fourth-order valence-electron chi connectivity index (χ4n) is 2.76. The summed E-state index contributed by atoms with van der Waals surface area (Å²) in [6, 6.07) is 0. The molecule has 0 N–H and O–H groups in total. The van der Waals surface area contributed by atoms with Gasteiger partial charge in [0.05, 0.1) is 6.10 Å². The van der Waals surface area contributed by atoms with Crippen molar-refractivity contribution in [2.24, 2.45) is 5.92 Å². The van der Waals surface area contributed by atoms with E-state index >= 15 is 0 Å². The summed E-state index contributed by atoms with van der Waals surface area (Å²) in [6.45, 7) is 16.3. The minimum absolute atomic E-state index is 0.310. The number of hydrogen-bond donors (Lipinski definition) is 0. The third-order valence-electron chi connectivity index (χ3n) is 5.16. The molecule has 2 unspecified atom stereocenters. The van der Waals surface area contributed by atoms with Crippen molar-refractivity contribution < 1.29 is 4.43 Å². The van der Waals surface area contributed by atoms with Crippen LogP contribution in [0.1, 0.15) is 73.1 Å². The van der Waals surface area contributed by atoms with Crippen molar-refractivity contribution in [3.8, 4) is 0 Å². The van der Waals surface area contributed by atoms with Gasteiger partial charge in [-0.15, -0.1) is 0 Å². The summed E-state index contributed by atoms with van der Waals surface area (Å²) in [4.78, 5) is 0. The molecule has 0 aliphatic heterocycles. The second-order valence-electron chi connectivity index (χ2n) is 8.17. The number of unbranched alkanes of at least 4 members (excludes halogenated alkanes) is 3. The van der Waals surface area contributed by atoms with E-state index in [1.54, 1.807) is 0 Å². The smallest absolute Gasteiger partial charge is 0.192 e. The van der Waals surface area contributed by atoms with Crippen molar-refractivity contribution in [3.63, 3.8) is 0 Å². The molecule has 0 bridgehead atoms. The van der Waals surface area contributed by atoms with E-state index in [1.807, 2.05) is 0 Å². The standard InChI is InChI=1S/C18H36OSi/c1-8-9-10-11-12-16-13-15(2)14-17(16)19-20(6,7)18(3,4)5/h14,16-17H,8-13H2,1-7H3. The van der Waals surface area contributed by atoms with Crippen LogP contribution >= 0.6 is 0 Å². The Morgan fingerprint density at radius 2 is 1.85 bits per heavy atom. The zero-order valence-electron chi connectivity index (χ0n) is 14.9. The molecule has 0 heterocycles. The Labute approximate surface area is 128 Å². The van der Waals surface area contributed by atoms with Crippen molar-refractivity contribution in [1.82, 2.24) is 0 Å². The van der Waals surface area contributed by atoms with Crippen molar-refractivity contribution >= 4 is 8.32 Å². The van der Waals surface area contributed by atoms with Crippen LogP contribution in [-0.4, -0.2) is 14.4 Å². The van der Waals surface area contributed by atoms with Crippen LogP contribution in [0.4, 0.5) is 0 Å². The van der Waals surface area contributed by atoms with Gasteiger partial charge in [-0.25, -0.2) is 0 Å². The molecule has 118 valence electrons. The minimum Gasteiger partial charge on any atom is -0.410 e. The Morgan fingerprint density at radius 1 is 1.20 bits per heavy atom. The maximum atomic E-state index is 6.67. The zero-order chi connectivity index (χ0) is 15.4. The third kappa shape index (κ3) is 5.03. The minimum atomic E-state index is -1.64. The molecule has 0 aromatic rings. The maximum absolute atomic E-state index is 6.67. The van der Waals surface area contributed by atoms with Gasteiger partial charge in [-0.05, 0) is 43.8 Å². The van der Waals surface area contributed by atoms with Crippen LogP contribution in [0.3, 0.4) is 0 Å². The lowest BCUT2D eigenvalue weighted by atomic mass is 9.96. The topological polar surface area (TPSA) is 9.23 Å². The molecule has 0 amide bonds. The Balaban J connectivity index is 2.57. The van der Waals surface area contributed by atoms with Crippen LogP contribution in [0.2, 0.25) is 18.1 Å². The molecule has 1 aliphatic rings. The van der Waals surface area contributed by atoms with Gasteiger partial charge in [-0.2, -0.15) is 0 Å². The van der Waals surface area contributed by atoms with E-state index in [9.17, 15) is 0 Å². The second kappa shape index (κ2) is 7.26. The second-order valence-corrected chi connectivity index (χ2v) is 12.9. The Kier molecular flexibility index (Phi) is 6.52. The Morgan fingerprint density at radius 3 is 2.40 bits per heavy atom. The molecule has 2 atom stereocenters. The fourth-order valence-corrected chi connectivity index (χ4v) is 4.06. The van der Waals surface area contributed by atoms with Gasteiger partial charge in [0.25, 0.3) is 0 Å². The van der Waals surface area contributed by atoms with Crippen molar-refractivity contribution in [2.75, 3.05) is 0 Å². The molecule has 2 heteroatoms. The van der Waals surface area contributed by atoms with E-state index in [2.05, 4.69) is 53.8 Å². The largest absolute Gasteiger partial charge is 0.410 e. The van der Waals surface area contributed by atoms with E-state index in [1.165, 1.54) is 44.1 Å². The van der Waals surface area contributed by atoms with Gasteiger partial charge >= 0.3 is 0 Å². The maximum Gasteiger partial charge on any atom is 0.192 e. The van der Waals surface area contributed by atoms with Gasteiger partial charge in [0.2, 0.25) is 0 Å². The molecule has 0 aromatic heterocycles. The van der Waals surface area contributed by atoms with E-state index in [0.717, 1.165) is 5.92 Å². The van der Waals surface area contributed by atoms with E-state index < -0.39 is 8.32 Å². The number of allylic oxidation sites excluding steroid dienone is 1. The summed E-state index contributed by atoms with van der Waals surface area (Å²) in [7, 11) is -1.64. The average molecular weight is 297 g/mol. The first kappa shape index (κ1) is 18.0. The molecule has 0 spiro atoms. The quantitative estimate of drug-likeness (QED) is 0.304. The van der Waals surface area contributed by atoms with Crippen LogP contribution < -0.4 is 0 Å². The van der Waals surface area contributed by atoms with Crippen LogP contribution in [0.5, 0.6) is 0 Å². The molecule has 0 fully saturated rings. The summed E-state index contributed by atoms with van der Waals surface area (Å²) in [5.74, 6) is 0.737. The van der Waals surface area contributed by atoms with E-state index in [4.69, 9.17) is 4.43 Å². The van der Waals surface area contributed by atoms with Gasteiger partial charge in [-0.1, -0.05) is 65.0 Å². The summed E-state index contributed by atoms with van der Waals surface area (Å²) in [5.41, 5.74) is 1.54. The molecule has 1 rings (SSSR count). The molecule has 1 nitrogen and oxygen atoms in total. The highest BCUT2D eigenvalue weighted by Crippen LogP contribution is 2.41. The highest BCUT2D eigenvalue weighted by Gasteiger charge is 2.41. The molecule has 1 aliphatic carbocycles. The first-order chi connectivity index (χ1) is 9.17. The van der Waals surface area contributed by atoms with Crippen LogP contribution in [0, 0.1) is 5.92 Å².